The van der Waals surface area contributed by atoms with E-state index in [-0.39, 0.29) is 11.4 Å². The van der Waals surface area contributed by atoms with Crippen LogP contribution < -0.4 is 10.1 Å². The molecule has 1 N–H and O–H groups in total. The lowest BCUT2D eigenvalue weighted by Crippen LogP contribution is -2.03. The summed E-state index contributed by atoms with van der Waals surface area (Å²) in [5.41, 5.74) is 0.227. The number of nitrogens with zero attached hydrogens (tertiary/aromatic N) is 1. The molecule has 0 spiro atoms. The molecule has 0 bridgehead atoms. The van der Waals surface area contributed by atoms with E-state index in [4.69, 9.17) is 5.26 Å². The average Bonchev–Trinajstić information content (AvgIpc) is 2.08. The van der Waals surface area contributed by atoms with Crippen molar-refractivity contribution in [2.24, 2.45) is 0 Å². The minimum absolute atomic E-state index is 0.0425. The van der Waals surface area contributed by atoms with Gasteiger partial charge in [0.15, 0.2) is 6.19 Å². The Morgan fingerprint density at radius 2 is 2.08 bits per heavy atom. The molecule has 0 aliphatic rings. The van der Waals surface area contributed by atoms with E-state index in [2.05, 4.69) is 10.1 Å². The van der Waals surface area contributed by atoms with Crippen LogP contribution in [-0.4, -0.2) is 6.61 Å². The Kier molecular flexibility index (Phi) is 3.03. The van der Waals surface area contributed by atoms with Gasteiger partial charge in [-0.1, -0.05) is 12.1 Å². The second kappa shape index (κ2) is 4.26. The fraction of sp³-hybridized carbons (Fsp3) is 0.125. The van der Waals surface area contributed by atoms with Crippen molar-refractivity contribution in [1.82, 2.24) is 0 Å². The molecule has 0 saturated heterocycles. The Balaban J connectivity index is 2.85. The van der Waals surface area contributed by atoms with E-state index >= 15 is 0 Å². The first-order chi connectivity index (χ1) is 6.24. The molecule has 0 fully saturated rings. The Morgan fingerprint density at radius 1 is 1.38 bits per heavy atom. The van der Waals surface area contributed by atoms with Gasteiger partial charge in [0.05, 0.1) is 5.69 Å². The van der Waals surface area contributed by atoms with Crippen molar-refractivity contribution in [2.75, 3.05) is 5.32 Å². The average molecular weight is 184 g/mol. The van der Waals surface area contributed by atoms with E-state index in [1.165, 1.54) is 12.1 Å². The number of hydrogen-bond acceptors (Lipinski definition) is 3. The molecule has 1 aromatic carbocycles. The van der Waals surface area contributed by atoms with Crippen LogP contribution in [0.3, 0.4) is 0 Å². The molecule has 0 amide bonds. The fourth-order valence-electron chi connectivity index (χ4n) is 0.829. The number of para-hydroxylation sites is 2. The molecule has 0 aliphatic carbocycles. The lowest BCUT2D eigenvalue weighted by Gasteiger charge is -2.07. The molecule has 0 aliphatic heterocycles. The van der Waals surface area contributed by atoms with Crippen molar-refractivity contribution >= 4 is 5.69 Å². The van der Waals surface area contributed by atoms with Crippen molar-refractivity contribution in [3.05, 3.63) is 24.3 Å². The number of nitrogens with one attached hydrogen (secondary N) is 1. The summed E-state index contributed by atoms with van der Waals surface area (Å²) in [6.07, 6.45) is 1.62. The molecule has 13 heavy (non-hydrogen) atoms. The molecule has 68 valence electrons. The lowest BCUT2D eigenvalue weighted by molar-refractivity contribution is -0.0493. The van der Waals surface area contributed by atoms with Crippen molar-refractivity contribution in [3.63, 3.8) is 0 Å². The maximum absolute atomic E-state index is 11.8. The number of ether oxygens (including phenoxy) is 1. The predicted molar refractivity (Wildman–Crippen MR) is 42.3 cm³/mol. The summed E-state index contributed by atoms with van der Waals surface area (Å²) in [6.45, 7) is -2.89. The van der Waals surface area contributed by atoms with Crippen LogP contribution in [0.4, 0.5) is 14.5 Å². The third kappa shape index (κ3) is 2.60. The van der Waals surface area contributed by atoms with Gasteiger partial charge in [-0.2, -0.15) is 14.0 Å². The molecule has 1 aromatic rings. The minimum atomic E-state index is -2.89. The van der Waals surface area contributed by atoms with Gasteiger partial charge in [-0.25, -0.2) is 0 Å². The van der Waals surface area contributed by atoms with Crippen LogP contribution in [-0.2, 0) is 0 Å². The summed E-state index contributed by atoms with van der Waals surface area (Å²) in [5.74, 6) is -0.0425. The number of alkyl halides is 2. The zero-order valence-corrected chi connectivity index (χ0v) is 6.50. The standard InChI is InChI=1S/C8H6F2N2O/c9-8(10)13-7-4-2-1-3-6(7)12-5-11/h1-4,8,12H. The zero-order valence-electron chi connectivity index (χ0n) is 6.50. The molecule has 0 radical (unpaired) electrons. The van der Waals surface area contributed by atoms with Gasteiger partial charge in [0.1, 0.15) is 5.75 Å². The molecule has 1 rings (SSSR count). The molecule has 0 heterocycles. The normalized spacial score (nSPS) is 9.38. The number of anilines is 1. The third-order valence-corrected chi connectivity index (χ3v) is 1.29. The van der Waals surface area contributed by atoms with Crippen molar-refractivity contribution < 1.29 is 13.5 Å². The highest BCUT2D eigenvalue weighted by Crippen LogP contribution is 2.24. The largest absolute Gasteiger partial charge is 0.433 e. The molecule has 0 aromatic heterocycles. The van der Waals surface area contributed by atoms with Gasteiger partial charge in [-0.3, -0.25) is 5.32 Å². The monoisotopic (exact) mass is 184 g/mol. The lowest BCUT2D eigenvalue weighted by atomic mass is 10.3. The molecule has 0 unspecified atom stereocenters. The van der Waals surface area contributed by atoms with E-state index in [0.717, 1.165) is 0 Å². The molecular weight excluding hydrogens is 178 g/mol. The van der Waals surface area contributed by atoms with Crippen molar-refractivity contribution in [1.29, 1.82) is 5.26 Å². The van der Waals surface area contributed by atoms with Gasteiger partial charge in [0, 0.05) is 0 Å². The fourth-order valence-corrected chi connectivity index (χ4v) is 0.829. The van der Waals surface area contributed by atoms with Crippen LogP contribution >= 0.6 is 0 Å². The first-order valence-corrected chi connectivity index (χ1v) is 3.43. The van der Waals surface area contributed by atoms with E-state index in [1.807, 2.05) is 0 Å². The number of rotatable bonds is 3. The van der Waals surface area contributed by atoms with Crippen LogP contribution in [0.2, 0.25) is 0 Å². The highest BCUT2D eigenvalue weighted by atomic mass is 19.3. The van der Waals surface area contributed by atoms with Crippen molar-refractivity contribution in [2.45, 2.75) is 6.61 Å². The number of benzene rings is 1. The third-order valence-electron chi connectivity index (χ3n) is 1.29. The smallest absolute Gasteiger partial charge is 0.387 e. The van der Waals surface area contributed by atoms with Gasteiger partial charge < -0.3 is 4.74 Å². The molecule has 0 atom stereocenters. The van der Waals surface area contributed by atoms with Gasteiger partial charge >= 0.3 is 6.61 Å². The van der Waals surface area contributed by atoms with Gasteiger partial charge in [-0.15, -0.1) is 0 Å². The second-order valence-corrected chi connectivity index (χ2v) is 2.11. The van der Waals surface area contributed by atoms with Crippen LogP contribution in [0.15, 0.2) is 24.3 Å². The van der Waals surface area contributed by atoms with E-state index in [1.54, 1.807) is 18.3 Å². The molecular formula is C8H6F2N2O. The Hall–Kier alpha value is -1.83. The number of halogens is 2. The van der Waals surface area contributed by atoms with Crippen LogP contribution in [0.25, 0.3) is 0 Å². The quantitative estimate of drug-likeness (QED) is 0.578. The highest BCUT2D eigenvalue weighted by molar-refractivity contribution is 5.58. The van der Waals surface area contributed by atoms with Gasteiger partial charge in [0.2, 0.25) is 0 Å². The first-order valence-electron chi connectivity index (χ1n) is 3.43. The Labute approximate surface area is 73.5 Å². The predicted octanol–water partition coefficient (Wildman–Crippen LogP) is 2.18. The summed E-state index contributed by atoms with van der Waals surface area (Å²) in [6, 6.07) is 5.98. The summed E-state index contributed by atoms with van der Waals surface area (Å²) in [4.78, 5) is 0. The Bertz CT molecular complexity index is 322. The molecule has 5 heteroatoms. The van der Waals surface area contributed by atoms with Crippen LogP contribution in [0.5, 0.6) is 5.75 Å². The zero-order chi connectivity index (χ0) is 9.68. The van der Waals surface area contributed by atoms with Crippen LogP contribution in [0.1, 0.15) is 0 Å². The van der Waals surface area contributed by atoms with E-state index in [0.29, 0.717) is 0 Å². The van der Waals surface area contributed by atoms with Gasteiger partial charge in [-0.05, 0) is 12.1 Å². The maximum Gasteiger partial charge on any atom is 0.387 e. The first kappa shape index (κ1) is 9.26. The number of hydrogen-bond donors (Lipinski definition) is 1. The van der Waals surface area contributed by atoms with E-state index in [9.17, 15) is 8.78 Å². The molecule has 0 saturated carbocycles. The highest BCUT2D eigenvalue weighted by Gasteiger charge is 2.07. The minimum Gasteiger partial charge on any atom is -0.433 e. The topological polar surface area (TPSA) is 45.0 Å². The number of nitriles is 1. The SMILES string of the molecule is N#CNc1ccccc1OC(F)F. The van der Waals surface area contributed by atoms with Crippen LogP contribution in [0, 0.1) is 11.5 Å². The summed E-state index contributed by atoms with van der Waals surface area (Å²) >= 11 is 0. The Morgan fingerprint density at radius 3 is 2.69 bits per heavy atom. The summed E-state index contributed by atoms with van der Waals surface area (Å²) in [7, 11) is 0. The van der Waals surface area contributed by atoms with E-state index < -0.39 is 6.61 Å². The maximum atomic E-state index is 11.8. The van der Waals surface area contributed by atoms with Gasteiger partial charge in [0.25, 0.3) is 0 Å². The summed E-state index contributed by atoms with van der Waals surface area (Å²) < 4.78 is 27.8. The summed E-state index contributed by atoms with van der Waals surface area (Å²) in [5, 5.41) is 10.5. The van der Waals surface area contributed by atoms with Crippen molar-refractivity contribution in [3.8, 4) is 11.9 Å². The second-order valence-electron chi connectivity index (χ2n) is 2.11. The molecule has 3 nitrogen and oxygen atoms in total.